The van der Waals surface area contributed by atoms with Crippen LogP contribution in [-0.4, -0.2) is 38.5 Å². The van der Waals surface area contributed by atoms with Gasteiger partial charge >= 0.3 is 0 Å². The number of hydrogen-bond donors (Lipinski definition) is 3. The number of halogens is 2. The van der Waals surface area contributed by atoms with Crippen LogP contribution in [0.1, 0.15) is 23.7 Å². The molecule has 0 saturated carbocycles. The van der Waals surface area contributed by atoms with Crippen molar-refractivity contribution in [1.82, 2.24) is 16.0 Å². The molecule has 0 spiro atoms. The summed E-state index contributed by atoms with van der Waals surface area (Å²) >= 11 is 0. The predicted octanol–water partition coefficient (Wildman–Crippen LogP) is 1.34. The lowest BCUT2D eigenvalue weighted by Gasteiger charge is -2.11. The molecular formula is C15H23ClFN3O2. The van der Waals surface area contributed by atoms with Gasteiger partial charge in [0.15, 0.2) is 0 Å². The Hall–Kier alpha value is -1.66. The van der Waals surface area contributed by atoms with Gasteiger partial charge in [0.25, 0.3) is 5.91 Å². The third-order valence-electron chi connectivity index (χ3n) is 3.00. The minimum atomic E-state index is -0.370. The average Bonchev–Trinajstić information content (AvgIpc) is 2.47. The molecule has 124 valence electrons. The highest BCUT2D eigenvalue weighted by molar-refractivity contribution is 5.94. The third kappa shape index (κ3) is 7.38. The fraction of sp³-hybridized carbons (Fsp3) is 0.467. The number of hydrogen-bond acceptors (Lipinski definition) is 3. The molecule has 1 aromatic rings. The molecule has 1 rings (SSSR count). The van der Waals surface area contributed by atoms with Gasteiger partial charge in [-0.2, -0.15) is 0 Å². The van der Waals surface area contributed by atoms with E-state index >= 15 is 0 Å². The second kappa shape index (κ2) is 11.0. The second-order valence-electron chi connectivity index (χ2n) is 4.87. The summed E-state index contributed by atoms with van der Waals surface area (Å²) in [4.78, 5) is 23.3. The van der Waals surface area contributed by atoms with Crippen LogP contribution in [0, 0.1) is 11.7 Å². The highest BCUT2D eigenvalue weighted by atomic mass is 35.5. The molecule has 22 heavy (non-hydrogen) atoms. The maximum atomic E-state index is 12.7. The summed E-state index contributed by atoms with van der Waals surface area (Å²) in [6, 6.07) is 5.37. The Kier molecular flexibility index (Phi) is 10.2. The van der Waals surface area contributed by atoms with E-state index in [1.165, 1.54) is 24.3 Å². The van der Waals surface area contributed by atoms with E-state index in [1.807, 2.05) is 6.92 Å². The zero-order valence-electron chi connectivity index (χ0n) is 12.8. The Morgan fingerprint density at radius 1 is 1.14 bits per heavy atom. The standard InChI is InChI=1S/C15H22FN3O2.ClH/c1-11(10-17-2)14(20)18-8-3-9-19-15(21)12-4-6-13(16)7-5-12;/h4-7,11,17H,3,8-10H2,1-2H3,(H,18,20)(H,19,21);1H. The van der Waals surface area contributed by atoms with E-state index in [0.717, 1.165) is 0 Å². The summed E-state index contributed by atoms with van der Waals surface area (Å²) in [5.74, 6) is -0.701. The van der Waals surface area contributed by atoms with Crippen molar-refractivity contribution in [2.45, 2.75) is 13.3 Å². The number of nitrogens with one attached hydrogen (secondary N) is 3. The molecule has 3 N–H and O–H groups in total. The van der Waals surface area contributed by atoms with Crippen LogP contribution in [0.3, 0.4) is 0 Å². The maximum absolute atomic E-state index is 12.7. The molecule has 1 unspecified atom stereocenters. The first kappa shape index (κ1) is 20.3. The summed E-state index contributed by atoms with van der Waals surface area (Å²) in [5.41, 5.74) is 0.420. The number of benzene rings is 1. The van der Waals surface area contributed by atoms with E-state index in [0.29, 0.717) is 31.6 Å². The van der Waals surface area contributed by atoms with Crippen molar-refractivity contribution in [3.05, 3.63) is 35.6 Å². The Morgan fingerprint density at radius 2 is 1.73 bits per heavy atom. The van der Waals surface area contributed by atoms with Crippen molar-refractivity contribution in [3.8, 4) is 0 Å². The molecule has 0 aliphatic rings. The Bertz CT molecular complexity index is 468. The molecule has 0 aliphatic heterocycles. The topological polar surface area (TPSA) is 70.2 Å². The predicted molar refractivity (Wildman–Crippen MR) is 86.7 cm³/mol. The lowest BCUT2D eigenvalue weighted by atomic mass is 10.1. The van der Waals surface area contributed by atoms with Crippen LogP contribution >= 0.6 is 12.4 Å². The first-order chi connectivity index (χ1) is 10.0. The van der Waals surface area contributed by atoms with E-state index in [9.17, 15) is 14.0 Å². The number of amides is 2. The molecule has 7 heteroatoms. The van der Waals surface area contributed by atoms with Gasteiger partial charge in [-0.15, -0.1) is 12.4 Å². The van der Waals surface area contributed by atoms with Crippen LogP contribution in [0.15, 0.2) is 24.3 Å². The van der Waals surface area contributed by atoms with E-state index in [4.69, 9.17) is 0 Å². The van der Waals surface area contributed by atoms with E-state index < -0.39 is 0 Å². The Labute approximate surface area is 136 Å². The molecule has 1 atom stereocenters. The summed E-state index contributed by atoms with van der Waals surface area (Å²) in [6.07, 6.45) is 0.644. The molecule has 0 radical (unpaired) electrons. The smallest absolute Gasteiger partial charge is 0.251 e. The second-order valence-corrected chi connectivity index (χ2v) is 4.87. The molecule has 5 nitrogen and oxygen atoms in total. The molecule has 0 bridgehead atoms. The quantitative estimate of drug-likeness (QED) is 0.630. The molecule has 1 aromatic carbocycles. The van der Waals surface area contributed by atoms with Crippen LogP contribution in [0.25, 0.3) is 0 Å². The molecule has 0 fully saturated rings. The largest absolute Gasteiger partial charge is 0.356 e. The van der Waals surface area contributed by atoms with E-state index in [1.54, 1.807) is 7.05 Å². The fourth-order valence-electron chi connectivity index (χ4n) is 1.78. The number of carbonyl (C=O) groups is 2. The number of carbonyl (C=O) groups excluding carboxylic acids is 2. The molecule has 2 amide bonds. The van der Waals surface area contributed by atoms with Crippen LogP contribution in [-0.2, 0) is 4.79 Å². The fourth-order valence-corrected chi connectivity index (χ4v) is 1.78. The molecule has 0 saturated heterocycles. The highest BCUT2D eigenvalue weighted by Crippen LogP contribution is 2.02. The normalized spacial score (nSPS) is 11.2. The third-order valence-corrected chi connectivity index (χ3v) is 3.00. The molecular weight excluding hydrogens is 309 g/mol. The number of rotatable bonds is 8. The van der Waals surface area contributed by atoms with Crippen molar-refractivity contribution in [2.75, 3.05) is 26.7 Å². The van der Waals surface area contributed by atoms with Gasteiger partial charge in [-0.05, 0) is 37.7 Å². The van der Waals surface area contributed by atoms with Crippen LogP contribution in [0.2, 0.25) is 0 Å². The first-order valence-electron chi connectivity index (χ1n) is 7.00. The van der Waals surface area contributed by atoms with Crippen molar-refractivity contribution in [3.63, 3.8) is 0 Å². The zero-order chi connectivity index (χ0) is 15.7. The van der Waals surface area contributed by atoms with Gasteiger partial charge in [-0.3, -0.25) is 9.59 Å². The lowest BCUT2D eigenvalue weighted by molar-refractivity contribution is -0.124. The highest BCUT2D eigenvalue weighted by Gasteiger charge is 2.10. The van der Waals surface area contributed by atoms with Crippen molar-refractivity contribution < 1.29 is 14.0 Å². The summed E-state index contributed by atoms with van der Waals surface area (Å²) in [7, 11) is 1.80. The van der Waals surface area contributed by atoms with Crippen LogP contribution in [0.4, 0.5) is 4.39 Å². The van der Waals surface area contributed by atoms with Gasteiger partial charge in [0.1, 0.15) is 5.82 Å². The van der Waals surface area contributed by atoms with Gasteiger partial charge < -0.3 is 16.0 Å². The summed E-state index contributed by atoms with van der Waals surface area (Å²) in [5, 5.41) is 8.47. The van der Waals surface area contributed by atoms with Gasteiger partial charge in [-0.1, -0.05) is 6.92 Å². The monoisotopic (exact) mass is 331 g/mol. The minimum Gasteiger partial charge on any atom is -0.356 e. The molecule has 0 heterocycles. The SMILES string of the molecule is CNCC(C)C(=O)NCCCNC(=O)c1ccc(F)cc1.Cl. The Balaban J connectivity index is 0.00000441. The van der Waals surface area contributed by atoms with Gasteiger partial charge in [0.2, 0.25) is 5.91 Å². The van der Waals surface area contributed by atoms with E-state index in [-0.39, 0.29) is 36.0 Å². The first-order valence-corrected chi connectivity index (χ1v) is 7.00. The zero-order valence-corrected chi connectivity index (χ0v) is 13.6. The van der Waals surface area contributed by atoms with Crippen molar-refractivity contribution in [1.29, 1.82) is 0 Å². The Morgan fingerprint density at radius 3 is 2.32 bits per heavy atom. The molecule has 0 aromatic heterocycles. The van der Waals surface area contributed by atoms with Crippen LogP contribution < -0.4 is 16.0 Å². The summed E-state index contributed by atoms with van der Waals surface area (Å²) in [6.45, 7) is 3.45. The average molecular weight is 332 g/mol. The van der Waals surface area contributed by atoms with Crippen molar-refractivity contribution in [2.24, 2.45) is 5.92 Å². The van der Waals surface area contributed by atoms with Gasteiger partial charge in [0.05, 0.1) is 0 Å². The van der Waals surface area contributed by atoms with Gasteiger partial charge in [0, 0.05) is 31.1 Å². The maximum Gasteiger partial charge on any atom is 0.251 e. The lowest BCUT2D eigenvalue weighted by Crippen LogP contribution is -2.36. The van der Waals surface area contributed by atoms with E-state index in [2.05, 4.69) is 16.0 Å². The minimum absolute atomic E-state index is 0. The molecule has 0 aliphatic carbocycles. The summed E-state index contributed by atoms with van der Waals surface area (Å²) < 4.78 is 12.7. The van der Waals surface area contributed by atoms with Crippen LogP contribution in [0.5, 0.6) is 0 Å². The van der Waals surface area contributed by atoms with Gasteiger partial charge in [-0.25, -0.2) is 4.39 Å². The van der Waals surface area contributed by atoms with Crippen molar-refractivity contribution >= 4 is 24.2 Å².